The molecule has 2 atom stereocenters. The molecule has 2 N–H and O–H groups in total. The number of aromatic nitrogens is 2. The van der Waals surface area contributed by atoms with Gasteiger partial charge in [0.15, 0.2) is 0 Å². The Balaban J connectivity index is 1.92. The van der Waals surface area contributed by atoms with Gasteiger partial charge in [-0.25, -0.2) is 0 Å². The first kappa shape index (κ1) is 12.6. The zero-order valence-electron chi connectivity index (χ0n) is 11.0. The first-order valence-corrected chi connectivity index (χ1v) is 6.71. The largest absolute Gasteiger partial charge is 0.327 e. The average Bonchev–Trinajstić information content (AvgIpc) is 2.76. The van der Waals surface area contributed by atoms with Crippen LogP contribution >= 0.6 is 0 Å². The van der Waals surface area contributed by atoms with E-state index >= 15 is 0 Å². The van der Waals surface area contributed by atoms with Gasteiger partial charge in [0.05, 0.1) is 5.69 Å². The highest BCUT2D eigenvalue weighted by atomic mass is 15.3. The summed E-state index contributed by atoms with van der Waals surface area (Å²) in [5, 5.41) is 4.63. The van der Waals surface area contributed by atoms with Gasteiger partial charge >= 0.3 is 0 Å². The molecule has 1 aliphatic heterocycles. The lowest BCUT2D eigenvalue weighted by molar-refractivity contribution is 0.198. The molecule has 4 nitrogen and oxygen atoms in total. The molecule has 1 aliphatic rings. The van der Waals surface area contributed by atoms with E-state index in [0.29, 0.717) is 12.1 Å². The van der Waals surface area contributed by atoms with E-state index < -0.39 is 0 Å². The smallest absolute Gasteiger partial charge is 0.0764 e. The van der Waals surface area contributed by atoms with Gasteiger partial charge in [0.1, 0.15) is 0 Å². The molecule has 96 valence electrons. The Morgan fingerprint density at radius 3 is 3.12 bits per heavy atom. The quantitative estimate of drug-likeness (QED) is 0.867. The van der Waals surface area contributed by atoms with E-state index in [1.807, 2.05) is 0 Å². The second-order valence-electron chi connectivity index (χ2n) is 5.18. The van der Waals surface area contributed by atoms with Crippen molar-refractivity contribution in [2.24, 2.45) is 5.73 Å². The van der Waals surface area contributed by atoms with E-state index in [2.05, 4.69) is 40.8 Å². The fourth-order valence-corrected chi connectivity index (χ4v) is 2.36. The molecule has 0 aliphatic carbocycles. The third-order valence-electron chi connectivity index (χ3n) is 3.63. The maximum Gasteiger partial charge on any atom is 0.0764 e. The molecule has 0 bridgehead atoms. The average molecular weight is 236 g/mol. The summed E-state index contributed by atoms with van der Waals surface area (Å²) >= 11 is 0. The summed E-state index contributed by atoms with van der Waals surface area (Å²) in [6, 6.07) is 2.97. The number of hydrogen-bond acceptors (Lipinski definition) is 3. The van der Waals surface area contributed by atoms with Crippen LogP contribution in [0.5, 0.6) is 0 Å². The van der Waals surface area contributed by atoms with Gasteiger partial charge in [0, 0.05) is 31.4 Å². The first-order chi connectivity index (χ1) is 8.19. The van der Waals surface area contributed by atoms with Crippen molar-refractivity contribution >= 4 is 0 Å². The molecule has 0 saturated carbocycles. The van der Waals surface area contributed by atoms with Crippen LogP contribution in [0.4, 0.5) is 0 Å². The topological polar surface area (TPSA) is 47.1 Å². The van der Waals surface area contributed by atoms with Crippen molar-refractivity contribution in [3.8, 4) is 0 Å². The SMILES string of the molecule is CCC(C)n1ccc(CN2CCC[C@@H](N)C2)n1. The zero-order valence-corrected chi connectivity index (χ0v) is 11.0. The second-order valence-corrected chi connectivity index (χ2v) is 5.18. The maximum absolute atomic E-state index is 5.99. The number of nitrogens with zero attached hydrogens (tertiary/aromatic N) is 3. The normalized spacial score (nSPS) is 23.8. The van der Waals surface area contributed by atoms with Crippen molar-refractivity contribution in [2.75, 3.05) is 13.1 Å². The summed E-state index contributed by atoms with van der Waals surface area (Å²) in [6.45, 7) is 7.50. The summed E-state index contributed by atoms with van der Waals surface area (Å²) < 4.78 is 2.07. The van der Waals surface area contributed by atoms with Crippen LogP contribution in [0.3, 0.4) is 0 Å². The molecule has 1 fully saturated rings. The predicted octanol–water partition coefficient (Wildman–Crippen LogP) is 1.78. The maximum atomic E-state index is 5.99. The van der Waals surface area contributed by atoms with Gasteiger partial charge in [-0.05, 0) is 38.8 Å². The fourth-order valence-electron chi connectivity index (χ4n) is 2.36. The Hall–Kier alpha value is -0.870. The van der Waals surface area contributed by atoms with Gasteiger partial charge in [-0.2, -0.15) is 5.10 Å². The molecule has 0 amide bonds. The van der Waals surface area contributed by atoms with Crippen LogP contribution in [0.2, 0.25) is 0 Å². The molecule has 2 heterocycles. The summed E-state index contributed by atoms with van der Waals surface area (Å²) in [4.78, 5) is 2.41. The highest BCUT2D eigenvalue weighted by Gasteiger charge is 2.17. The van der Waals surface area contributed by atoms with Crippen molar-refractivity contribution in [1.82, 2.24) is 14.7 Å². The van der Waals surface area contributed by atoms with Gasteiger partial charge in [-0.1, -0.05) is 6.92 Å². The lowest BCUT2D eigenvalue weighted by Crippen LogP contribution is -2.42. The van der Waals surface area contributed by atoms with Crippen LogP contribution in [-0.4, -0.2) is 33.8 Å². The van der Waals surface area contributed by atoms with Crippen molar-refractivity contribution in [3.63, 3.8) is 0 Å². The molecule has 1 aromatic rings. The van der Waals surface area contributed by atoms with Crippen LogP contribution in [0.1, 0.15) is 44.8 Å². The van der Waals surface area contributed by atoms with Crippen molar-refractivity contribution in [1.29, 1.82) is 0 Å². The van der Waals surface area contributed by atoms with Crippen LogP contribution in [0, 0.1) is 0 Å². The van der Waals surface area contributed by atoms with Crippen molar-refractivity contribution in [3.05, 3.63) is 18.0 Å². The lowest BCUT2D eigenvalue weighted by atomic mass is 10.1. The van der Waals surface area contributed by atoms with Crippen LogP contribution in [0.25, 0.3) is 0 Å². The molecular formula is C13H24N4. The number of rotatable bonds is 4. The van der Waals surface area contributed by atoms with Gasteiger partial charge < -0.3 is 5.73 Å². The molecular weight excluding hydrogens is 212 g/mol. The minimum Gasteiger partial charge on any atom is -0.327 e. The Kier molecular flexibility index (Phi) is 4.18. The molecule has 4 heteroatoms. The second kappa shape index (κ2) is 5.65. The van der Waals surface area contributed by atoms with Crippen LogP contribution in [-0.2, 0) is 6.54 Å². The molecule has 17 heavy (non-hydrogen) atoms. The van der Waals surface area contributed by atoms with Gasteiger partial charge in [-0.3, -0.25) is 9.58 Å². The molecule has 0 radical (unpaired) electrons. The monoisotopic (exact) mass is 236 g/mol. The van der Waals surface area contributed by atoms with Gasteiger partial charge in [-0.15, -0.1) is 0 Å². The Bertz CT molecular complexity index is 347. The minimum atomic E-state index is 0.348. The highest BCUT2D eigenvalue weighted by Crippen LogP contribution is 2.13. The third kappa shape index (κ3) is 3.30. The Labute approximate surface area is 104 Å². The van der Waals surface area contributed by atoms with Crippen LogP contribution in [0.15, 0.2) is 12.3 Å². The van der Waals surface area contributed by atoms with E-state index in [4.69, 9.17) is 5.73 Å². The number of piperidine rings is 1. The van der Waals surface area contributed by atoms with Gasteiger partial charge in [0.25, 0.3) is 0 Å². The predicted molar refractivity (Wildman–Crippen MR) is 69.7 cm³/mol. The van der Waals surface area contributed by atoms with E-state index in [-0.39, 0.29) is 0 Å². The van der Waals surface area contributed by atoms with E-state index in [1.54, 1.807) is 0 Å². The first-order valence-electron chi connectivity index (χ1n) is 6.71. The van der Waals surface area contributed by atoms with Crippen LogP contribution < -0.4 is 5.73 Å². The van der Waals surface area contributed by atoms with Gasteiger partial charge in [0.2, 0.25) is 0 Å². The standard InChI is InChI=1S/C13H24N4/c1-3-11(2)17-8-6-13(15-17)10-16-7-4-5-12(14)9-16/h6,8,11-12H,3-5,7,9-10,14H2,1-2H3/t11?,12-/m1/s1. The number of hydrogen-bond donors (Lipinski definition) is 1. The third-order valence-corrected chi connectivity index (χ3v) is 3.63. The molecule has 1 saturated heterocycles. The van der Waals surface area contributed by atoms with Crippen molar-refractivity contribution < 1.29 is 0 Å². The van der Waals surface area contributed by atoms with Crippen molar-refractivity contribution in [2.45, 2.75) is 51.7 Å². The summed E-state index contributed by atoms with van der Waals surface area (Å²) in [5.41, 5.74) is 7.15. The molecule has 0 spiro atoms. The summed E-state index contributed by atoms with van der Waals surface area (Å²) in [6.07, 6.45) is 5.59. The molecule has 0 aromatic carbocycles. The Morgan fingerprint density at radius 1 is 1.59 bits per heavy atom. The zero-order chi connectivity index (χ0) is 12.3. The molecule has 2 rings (SSSR count). The highest BCUT2D eigenvalue weighted by molar-refractivity contribution is 5.00. The molecule has 1 unspecified atom stereocenters. The lowest BCUT2D eigenvalue weighted by Gasteiger charge is -2.29. The van der Waals surface area contributed by atoms with E-state index in [0.717, 1.165) is 32.5 Å². The van der Waals surface area contributed by atoms with E-state index in [9.17, 15) is 0 Å². The summed E-state index contributed by atoms with van der Waals surface area (Å²) in [5.74, 6) is 0. The number of likely N-dealkylation sites (tertiary alicyclic amines) is 1. The summed E-state index contributed by atoms with van der Waals surface area (Å²) in [7, 11) is 0. The number of nitrogens with two attached hydrogens (primary N) is 1. The molecule has 1 aromatic heterocycles. The fraction of sp³-hybridized carbons (Fsp3) is 0.769. The Morgan fingerprint density at radius 2 is 2.41 bits per heavy atom. The van der Waals surface area contributed by atoms with E-state index in [1.165, 1.54) is 12.1 Å². The minimum absolute atomic E-state index is 0.348.